The molecule has 0 spiro atoms. The Morgan fingerprint density at radius 3 is 2.18 bits per heavy atom. The summed E-state index contributed by atoms with van der Waals surface area (Å²) in [6.07, 6.45) is -3.28. The van der Waals surface area contributed by atoms with Crippen molar-refractivity contribution in [3.63, 3.8) is 0 Å². The minimum Gasteiger partial charge on any atom is -0.497 e. The maximum Gasteiger partial charge on any atom is 0.416 e. The molecule has 0 amide bonds. The van der Waals surface area contributed by atoms with E-state index in [2.05, 4.69) is 4.98 Å². The molecule has 0 atom stereocenters. The first-order valence-electron chi connectivity index (χ1n) is 5.86. The van der Waals surface area contributed by atoms with Gasteiger partial charge in [-0.2, -0.15) is 13.2 Å². The summed E-state index contributed by atoms with van der Waals surface area (Å²) in [7, 11) is 1.52. The first-order chi connectivity index (χ1) is 9.45. The van der Waals surface area contributed by atoms with Crippen LogP contribution in [0, 0.1) is 0 Å². The lowest BCUT2D eigenvalue weighted by molar-refractivity contribution is -0.138. The molecule has 0 aliphatic heterocycles. The van der Waals surface area contributed by atoms with E-state index in [-0.39, 0.29) is 42.6 Å². The normalized spacial score (nSPS) is 10.4. The summed E-state index contributed by atoms with van der Waals surface area (Å²) < 4.78 is 43.8. The maximum atomic E-state index is 12.9. The van der Waals surface area contributed by atoms with E-state index in [1.54, 1.807) is 24.3 Å². The van der Waals surface area contributed by atoms with Crippen molar-refractivity contribution < 1.29 is 17.9 Å². The Balaban J connectivity index is 0.00000220. The first-order valence-corrected chi connectivity index (χ1v) is 5.86. The highest BCUT2D eigenvalue weighted by Gasteiger charge is 2.33. The average Bonchev–Trinajstić information content (AvgIpc) is 2.46. The molecule has 1 aromatic carbocycles. The fraction of sp³-hybridized carbons (Fsp3) is 0.214. The van der Waals surface area contributed by atoms with Crippen LogP contribution in [-0.4, -0.2) is 12.1 Å². The Morgan fingerprint density at radius 1 is 1.14 bits per heavy atom. The van der Waals surface area contributed by atoms with Crippen molar-refractivity contribution in [3.05, 3.63) is 47.7 Å². The molecule has 2 rings (SSSR count). The van der Waals surface area contributed by atoms with Gasteiger partial charge >= 0.3 is 6.18 Å². The lowest BCUT2D eigenvalue weighted by Gasteiger charge is -2.13. The van der Waals surface area contributed by atoms with Crippen molar-refractivity contribution in [2.45, 2.75) is 12.7 Å². The van der Waals surface area contributed by atoms with Crippen LogP contribution in [0.3, 0.4) is 0 Å². The predicted octanol–water partition coefficient (Wildman–Crippen LogP) is 4.08. The smallest absolute Gasteiger partial charge is 0.416 e. The van der Waals surface area contributed by atoms with Gasteiger partial charge in [-0.15, -0.1) is 24.8 Å². The van der Waals surface area contributed by atoms with Gasteiger partial charge < -0.3 is 10.5 Å². The molecule has 1 aromatic heterocycles. The Bertz CT molecular complexity index is 604. The molecule has 0 unspecified atom stereocenters. The Hall–Kier alpha value is -1.50. The van der Waals surface area contributed by atoms with Crippen molar-refractivity contribution in [2.75, 3.05) is 7.11 Å². The van der Waals surface area contributed by atoms with Gasteiger partial charge in [0.25, 0.3) is 0 Å². The maximum absolute atomic E-state index is 12.9. The number of hydrogen-bond acceptors (Lipinski definition) is 3. The van der Waals surface area contributed by atoms with Crippen molar-refractivity contribution in [3.8, 4) is 17.0 Å². The molecule has 0 aliphatic carbocycles. The third kappa shape index (κ3) is 4.50. The van der Waals surface area contributed by atoms with E-state index in [9.17, 15) is 13.2 Å². The zero-order chi connectivity index (χ0) is 14.8. The van der Waals surface area contributed by atoms with Crippen LogP contribution in [0.5, 0.6) is 5.75 Å². The Labute approximate surface area is 138 Å². The van der Waals surface area contributed by atoms with Crippen molar-refractivity contribution in [2.24, 2.45) is 5.73 Å². The Morgan fingerprint density at radius 2 is 1.73 bits per heavy atom. The molecule has 0 bridgehead atoms. The zero-order valence-corrected chi connectivity index (χ0v) is 13.2. The SMILES string of the molecule is COc1ccc(-c2cc(C(F)(F)F)c(CN)cn2)cc1.Cl.Cl. The first kappa shape index (κ1) is 20.5. The van der Waals surface area contributed by atoms with E-state index >= 15 is 0 Å². The van der Waals surface area contributed by atoms with Crippen molar-refractivity contribution in [1.82, 2.24) is 4.98 Å². The summed E-state index contributed by atoms with van der Waals surface area (Å²) in [4.78, 5) is 4.03. The second-order valence-electron chi connectivity index (χ2n) is 4.16. The van der Waals surface area contributed by atoms with E-state index in [4.69, 9.17) is 10.5 Å². The largest absolute Gasteiger partial charge is 0.497 e. The molecule has 2 N–H and O–H groups in total. The van der Waals surface area contributed by atoms with E-state index in [1.807, 2.05) is 0 Å². The van der Waals surface area contributed by atoms with Gasteiger partial charge in [-0.25, -0.2) is 0 Å². The number of benzene rings is 1. The molecule has 0 radical (unpaired) electrons. The number of ether oxygens (including phenoxy) is 1. The quantitative estimate of drug-likeness (QED) is 0.903. The minimum absolute atomic E-state index is 0. The van der Waals surface area contributed by atoms with Gasteiger partial charge in [0.05, 0.1) is 18.4 Å². The van der Waals surface area contributed by atoms with Crippen LogP contribution < -0.4 is 10.5 Å². The highest BCUT2D eigenvalue weighted by molar-refractivity contribution is 5.85. The predicted molar refractivity (Wildman–Crippen MR) is 83.6 cm³/mol. The third-order valence-electron chi connectivity index (χ3n) is 2.90. The van der Waals surface area contributed by atoms with Crippen LogP contribution in [-0.2, 0) is 12.7 Å². The van der Waals surface area contributed by atoms with Crippen LogP contribution in [0.25, 0.3) is 11.3 Å². The average molecular weight is 355 g/mol. The van der Waals surface area contributed by atoms with Gasteiger partial charge in [0.1, 0.15) is 5.75 Å². The third-order valence-corrected chi connectivity index (χ3v) is 2.90. The molecule has 2 aromatic rings. The number of aromatic nitrogens is 1. The van der Waals surface area contributed by atoms with E-state index in [0.29, 0.717) is 11.3 Å². The molecule has 0 fully saturated rings. The number of alkyl halides is 3. The molecule has 122 valence electrons. The van der Waals surface area contributed by atoms with Gasteiger partial charge in [-0.05, 0) is 35.9 Å². The molecule has 22 heavy (non-hydrogen) atoms. The second kappa shape index (κ2) is 8.22. The summed E-state index contributed by atoms with van der Waals surface area (Å²) in [5.41, 5.74) is 5.38. The molecule has 8 heteroatoms. The number of nitrogens with zero attached hydrogens (tertiary/aromatic N) is 1. The molecular formula is C14H15Cl2F3N2O. The van der Waals surface area contributed by atoms with E-state index in [0.717, 1.165) is 6.07 Å². The van der Waals surface area contributed by atoms with Crippen molar-refractivity contribution in [1.29, 1.82) is 0 Å². The van der Waals surface area contributed by atoms with Gasteiger partial charge in [-0.1, -0.05) is 0 Å². The number of pyridine rings is 1. The van der Waals surface area contributed by atoms with Crippen LogP contribution in [0.15, 0.2) is 36.5 Å². The summed E-state index contributed by atoms with van der Waals surface area (Å²) >= 11 is 0. The van der Waals surface area contributed by atoms with Crippen LogP contribution in [0.2, 0.25) is 0 Å². The standard InChI is InChI=1S/C14H13F3N2O.2ClH/c1-20-11-4-2-9(3-5-11)13-6-12(14(15,16)17)10(7-18)8-19-13;;/h2-6,8H,7,18H2,1H3;2*1H. The zero-order valence-electron chi connectivity index (χ0n) is 11.6. The van der Waals surface area contributed by atoms with Gasteiger partial charge in [-0.3, -0.25) is 4.98 Å². The number of rotatable bonds is 3. The van der Waals surface area contributed by atoms with E-state index in [1.165, 1.54) is 13.3 Å². The topological polar surface area (TPSA) is 48.1 Å². The monoisotopic (exact) mass is 354 g/mol. The molecule has 3 nitrogen and oxygen atoms in total. The molecular weight excluding hydrogens is 340 g/mol. The summed E-state index contributed by atoms with van der Waals surface area (Å²) in [5, 5.41) is 0. The molecule has 0 saturated carbocycles. The lowest BCUT2D eigenvalue weighted by atomic mass is 10.0. The van der Waals surface area contributed by atoms with Crippen molar-refractivity contribution >= 4 is 24.8 Å². The van der Waals surface area contributed by atoms with E-state index < -0.39 is 11.7 Å². The van der Waals surface area contributed by atoms with Gasteiger partial charge in [0.15, 0.2) is 0 Å². The number of methoxy groups -OCH3 is 1. The fourth-order valence-electron chi connectivity index (χ4n) is 1.83. The number of halogens is 5. The highest BCUT2D eigenvalue weighted by Crippen LogP contribution is 2.34. The highest BCUT2D eigenvalue weighted by atomic mass is 35.5. The van der Waals surface area contributed by atoms with Crippen LogP contribution in [0.4, 0.5) is 13.2 Å². The lowest BCUT2D eigenvalue weighted by Crippen LogP contribution is -2.12. The minimum atomic E-state index is -4.45. The summed E-state index contributed by atoms with van der Waals surface area (Å²) in [5.74, 6) is 0.628. The fourth-order valence-corrected chi connectivity index (χ4v) is 1.83. The summed E-state index contributed by atoms with van der Waals surface area (Å²) in [6.45, 7) is -0.204. The van der Waals surface area contributed by atoms with Gasteiger partial charge in [0, 0.05) is 18.3 Å². The second-order valence-corrected chi connectivity index (χ2v) is 4.16. The molecule has 0 aliphatic rings. The number of hydrogen-bond donors (Lipinski definition) is 1. The molecule has 0 saturated heterocycles. The summed E-state index contributed by atoms with van der Waals surface area (Å²) in [6, 6.07) is 7.67. The van der Waals surface area contributed by atoms with Crippen LogP contribution in [0.1, 0.15) is 11.1 Å². The van der Waals surface area contributed by atoms with Gasteiger partial charge in [0.2, 0.25) is 0 Å². The van der Waals surface area contributed by atoms with Crippen LogP contribution >= 0.6 is 24.8 Å². The Kier molecular flexibility index (Phi) is 7.66. The number of nitrogens with two attached hydrogens (primary N) is 1. The molecule has 1 heterocycles.